The summed E-state index contributed by atoms with van der Waals surface area (Å²) < 4.78 is 5.31. The maximum atomic E-state index is 12.6. The summed E-state index contributed by atoms with van der Waals surface area (Å²) in [7, 11) is 1.61. The van der Waals surface area contributed by atoms with Crippen molar-refractivity contribution in [2.45, 2.75) is 25.7 Å². The molecule has 1 aromatic carbocycles. The molecule has 1 atom stereocenters. The first-order valence-corrected chi connectivity index (χ1v) is 8.04. The molecular weight excluding hydrogens is 306 g/mol. The molecule has 24 heavy (non-hydrogen) atoms. The summed E-state index contributed by atoms with van der Waals surface area (Å²) in [6, 6.07) is 9.09. The molecule has 1 aliphatic rings. The number of nitrogens with zero attached hydrogens (tertiary/aromatic N) is 2. The normalized spacial score (nSPS) is 17.1. The van der Waals surface area contributed by atoms with Crippen molar-refractivity contribution in [3.8, 4) is 5.75 Å². The van der Waals surface area contributed by atoms with E-state index in [1.165, 1.54) is 6.07 Å². The molecule has 1 amide bonds. The van der Waals surface area contributed by atoms with E-state index >= 15 is 0 Å². The molecule has 0 spiro atoms. The van der Waals surface area contributed by atoms with Gasteiger partial charge in [-0.1, -0.05) is 18.2 Å². The molecule has 0 aliphatic carbocycles. The van der Waals surface area contributed by atoms with Gasteiger partial charge in [0, 0.05) is 30.6 Å². The van der Waals surface area contributed by atoms with Crippen LogP contribution in [0.3, 0.4) is 0 Å². The average molecular weight is 327 g/mol. The number of benzene rings is 1. The standard InChI is InChI=1S/C18H21N3O3/c1-12-19-15(10-17(22)20-12)14-7-8-21(11-14)18(23)9-13-5-3-4-6-16(13)24-2/h3-6,10,14H,7-9,11H2,1-2H3,(H,19,20,22)/t14-/m1/s1. The second-order valence-corrected chi connectivity index (χ2v) is 6.07. The van der Waals surface area contributed by atoms with E-state index in [1.54, 1.807) is 14.0 Å². The highest BCUT2D eigenvalue weighted by Crippen LogP contribution is 2.26. The summed E-state index contributed by atoms with van der Waals surface area (Å²) in [5.41, 5.74) is 1.51. The lowest BCUT2D eigenvalue weighted by Crippen LogP contribution is -2.30. The third-order valence-corrected chi connectivity index (χ3v) is 4.37. The van der Waals surface area contributed by atoms with Crippen LogP contribution in [0.2, 0.25) is 0 Å². The summed E-state index contributed by atoms with van der Waals surface area (Å²) >= 11 is 0. The molecule has 2 aromatic rings. The Morgan fingerprint density at radius 2 is 2.21 bits per heavy atom. The van der Waals surface area contributed by atoms with Crippen LogP contribution >= 0.6 is 0 Å². The van der Waals surface area contributed by atoms with Gasteiger partial charge in [-0.05, 0) is 19.4 Å². The number of hydrogen-bond acceptors (Lipinski definition) is 4. The summed E-state index contributed by atoms with van der Waals surface area (Å²) in [5.74, 6) is 1.53. The molecule has 1 fully saturated rings. The summed E-state index contributed by atoms with van der Waals surface area (Å²) in [5, 5.41) is 0. The summed E-state index contributed by atoms with van der Waals surface area (Å²) in [4.78, 5) is 33.1. The van der Waals surface area contributed by atoms with Crippen LogP contribution in [-0.2, 0) is 11.2 Å². The quantitative estimate of drug-likeness (QED) is 0.926. The maximum Gasteiger partial charge on any atom is 0.251 e. The number of aromatic nitrogens is 2. The number of para-hydroxylation sites is 1. The zero-order valence-electron chi connectivity index (χ0n) is 13.9. The second-order valence-electron chi connectivity index (χ2n) is 6.07. The fourth-order valence-corrected chi connectivity index (χ4v) is 3.16. The molecule has 1 N–H and O–H groups in total. The molecule has 0 bridgehead atoms. The SMILES string of the molecule is COc1ccccc1CC(=O)N1CC[C@@H](c2cc(=O)[nH]c(C)n2)C1. The fraction of sp³-hybridized carbons (Fsp3) is 0.389. The number of ether oxygens (including phenoxy) is 1. The van der Waals surface area contributed by atoms with Gasteiger partial charge in [0.25, 0.3) is 5.56 Å². The molecule has 1 aliphatic heterocycles. The van der Waals surface area contributed by atoms with Crippen molar-refractivity contribution in [2.24, 2.45) is 0 Å². The third kappa shape index (κ3) is 3.48. The largest absolute Gasteiger partial charge is 0.496 e. The minimum atomic E-state index is -0.142. The van der Waals surface area contributed by atoms with Crippen molar-refractivity contribution in [1.82, 2.24) is 14.9 Å². The van der Waals surface area contributed by atoms with E-state index in [0.29, 0.717) is 25.3 Å². The summed E-state index contributed by atoms with van der Waals surface area (Å²) in [6.45, 7) is 3.06. The van der Waals surface area contributed by atoms with E-state index < -0.39 is 0 Å². The van der Waals surface area contributed by atoms with Gasteiger partial charge in [-0.3, -0.25) is 9.59 Å². The van der Waals surface area contributed by atoms with Crippen LogP contribution in [-0.4, -0.2) is 41.0 Å². The Labute approximate surface area is 140 Å². The molecule has 6 heteroatoms. The van der Waals surface area contributed by atoms with E-state index in [-0.39, 0.29) is 17.4 Å². The van der Waals surface area contributed by atoms with Crippen molar-refractivity contribution in [3.05, 3.63) is 57.8 Å². The predicted molar refractivity (Wildman–Crippen MR) is 90.2 cm³/mol. The van der Waals surface area contributed by atoms with E-state index in [9.17, 15) is 9.59 Å². The molecule has 126 valence electrons. The molecule has 0 radical (unpaired) electrons. The Morgan fingerprint density at radius 3 is 2.96 bits per heavy atom. The molecule has 1 saturated heterocycles. The number of H-pyrrole nitrogens is 1. The number of amides is 1. The number of hydrogen-bond donors (Lipinski definition) is 1. The molecule has 3 rings (SSSR count). The number of aryl methyl sites for hydroxylation is 1. The van der Waals surface area contributed by atoms with Crippen molar-refractivity contribution >= 4 is 5.91 Å². The van der Waals surface area contributed by atoms with Gasteiger partial charge in [-0.15, -0.1) is 0 Å². The average Bonchev–Trinajstić information content (AvgIpc) is 3.04. The minimum Gasteiger partial charge on any atom is -0.496 e. The van der Waals surface area contributed by atoms with Crippen molar-refractivity contribution < 1.29 is 9.53 Å². The number of rotatable bonds is 4. The van der Waals surface area contributed by atoms with Gasteiger partial charge in [-0.2, -0.15) is 0 Å². The van der Waals surface area contributed by atoms with Crippen molar-refractivity contribution in [3.63, 3.8) is 0 Å². The smallest absolute Gasteiger partial charge is 0.251 e. The van der Waals surface area contributed by atoms with E-state index in [0.717, 1.165) is 23.4 Å². The molecule has 0 unspecified atom stereocenters. The van der Waals surface area contributed by atoms with Gasteiger partial charge < -0.3 is 14.6 Å². The maximum absolute atomic E-state index is 12.6. The van der Waals surface area contributed by atoms with Crippen LogP contribution in [0.1, 0.15) is 29.4 Å². The molecule has 2 heterocycles. The highest BCUT2D eigenvalue weighted by molar-refractivity contribution is 5.79. The number of nitrogens with one attached hydrogen (secondary N) is 1. The second kappa shape index (κ2) is 6.86. The number of aromatic amines is 1. The fourth-order valence-electron chi connectivity index (χ4n) is 3.16. The highest BCUT2D eigenvalue weighted by Gasteiger charge is 2.28. The van der Waals surface area contributed by atoms with Crippen molar-refractivity contribution in [2.75, 3.05) is 20.2 Å². The molecule has 6 nitrogen and oxygen atoms in total. The Balaban J connectivity index is 1.69. The van der Waals surface area contributed by atoms with Crippen LogP contribution in [0.4, 0.5) is 0 Å². The van der Waals surface area contributed by atoms with Crippen LogP contribution in [0.25, 0.3) is 0 Å². The zero-order valence-corrected chi connectivity index (χ0v) is 13.9. The Bertz CT molecular complexity index is 800. The van der Waals surface area contributed by atoms with Crippen LogP contribution < -0.4 is 10.3 Å². The topological polar surface area (TPSA) is 75.3 Å². The zero-order chi connectivity index (χ0) is 17.1. The van der Waals surface area contributed by atoms with Gasteiger partial charge >= 0.3 is 0 Å². The number of carbonyl (C=O) groups excluding carboxylic acids is 1. The van der Waals surface area contributed by atoms with Gasteiger partial charge in [0.2, 0.25) is 5.91 Å². The van der Waals surface area contributed by atoms with Gasteiger partial charge in [0.15, 0.2) is 0 Å². The first-order valence-electron chi connectivity index (χ1n) is 8.04. The van der Waals surface area contributed by atoms with Gasteiger partial charge in [0.05, 0.1) is 19.2 Å². The molecular formula is C18H21N3O3. The van der Waals surface area contributed by atoms with Gasteiger partial charge in [0.1, 0.15) is 11.6 Å². The van der Waals surface area contributed by atoms with Crippen LogP contribution in [0.15, 0.2) is 35.1 Å². The lowest BCUT2D eigenvalue weighted by molar-refractivity contribution is -0.129. The molecule has 1 aromatic heterocycles. The first-order chi connectivity index (χ1) is 11.6. The predicted octanol–water partition coefficient (Wildman–Crippen LogP) is 1.65. The summed E-state index contributed by atoms with van der Waals surface area (Å²) in [6.07, 6.45) is 1.14. The van der Waals surface area contributed by atoms with E-state index in [2.05, 4.69) is 9.97 Å². The number of methoxy groups -OCH3 is 1. The third-order valence-electron chi connectivity index (χ3n) is 4.37. The lowest BCUT2D eigenvalue weighted by atomic mass is 10.0. The Kier molecular flexibility index (Phi) is 4.64. The minimum absolute atomic E-state index is 0.0727. The van der Waals surface area contributed by atoms with Crippen molar-refractivity contribution in [1.29, 1.82) is 0 Å². The number of carbonyl (C=O) groups is 1. The first kappa shape index (κ1) is 16.2. The number of likely N-dealkylation sites (tertiary alicyclic amines) is 1. The molecule has 0 saturated carbocycles. The Hall–Kier alpha value is -2.63. The highest BCUT2D eigenvalue weighted by atomic mass is 16.5. The lowest BCUT2D eigenvalue weighted by Gasteiger charge is -2.17. The van der Waals surface area contributed by atoms with E-state index in [1.807, 2.05) is 29.2 Å². The Morgan fingerprint density at radius 1 is 1.42 bits per heavy atom. The van der Waals surface area contributed by atoms with Crippen LogP contribution in [0, 0.1) is 6.92 Å². The van der Waals surface area contributed by atoms with Crippen LogP contribution in [0.5, 0.6) is 5.75 Å². The van der Waals surface area contributed by atoms with E-state index in [4.69, 9.17) is 4.74 Å². The monoisotopic (exact) mass is 327 g/mol. The van der Waals surface area contributed by atoms with Gasteiger partial charge in [-0.25, -0.2) is 4.98 Å².